The van der Waals surface area contributed by atoms with E-state index >= 15 is 0 Å². The van der Waals surface area contributed by atoms with Crippen LogP contribution in [-0.4, -0.2) is 30.7 Å². The van der Waals surface area contributed by atoms with Gasteiger partial charge in [0.25, 0.3) is 0 Å². The van der Waals surface area contributed by atoms with Crippen molar-refractivity contribution in [1.29, 1.82) is 0 Å². The first kappa shape index (κ1) is 12.7. The van der Waals surface area contributed by atoms with Crippen LogP contribution < -0.4 is 10.2 Å². The maximum absolute atomic E-state index is 12.7. The van der Waals surface area contributed by atoms with Crippen molar-refractivity contribution in [2.75, 3.05) is 24.5 Å². The molecule has 6 heteroatoms. The Morgan fingerprint density at radius 1 is 1.26 bits per heavy atom. The summed E-state index contributed by atoms with van der Waals surface area (Å²) in [4.78, 5) is 6.10. The summed E-state index contributed by atoms with van der Waals surface area (Å²) in [6.07, 6.45) is -0.813. The molecule has 104 valence electrons. The summed E-state index contributed by atoms with van der Waals surface area (Å²) in [5.41, 5.74) is -0.623. The van der Waals surface area contributed by atoms with Gasteiger partial charge < -0.3 is 10.2 Å². The molecule has 3 aliphatic rings. The lowest BCUT2D eigenvalue weighted by Crippen LogP contribution is -2.39. The molecule has 3 fully saturated rings. The van der Waals surface area contributed by atoms with E-state index in [-0.39, 0.29) is 0 Å². The summed E-state index contributed by atoms with van der Waals surface area (Å²) in [5, 5.41) is 3.43. The molecular formula is C13H16F3N3. The minimum atomic E-state index is -4.30. The molecule has 2 unspecified atom stereocenters. The topological polar surface area (TPSA) is 28.2 Å². The highest BCUT2D eigenvalue weighted by molar-refractivity contribution is 5.42. The van der Waals surface area contributed by atoms with Gasteiger partial charge in [-0.1, -0.05) is 0 Å². The lowest BCUT2D eigenvalue weighted by Gasteiger charge is -2.24. The van der Waals surface area contributed by atoms with Crippen LogP contribution in [0, 0.1) is 5.92 Å². The number of anilines is 1. The van der Waals surface area contributed by atoms with Gasteiger partial charge in [0.2, 0.25) is 0 Å². The SMILES string of the molecule is FC(F)(F)c1ccnc(N2CC3CCC(C2)NC3)c1. The molecule has 1 aromatic heterocycles. The Bertz CT molecular complexity index is 439. The van der Waals surface area contributed by atoms with Crippen LogP contribution in [0.4, 0.5) is 19.0 Å². The van der Waals surface area contributed by atoms with Gasteiger partial charge >= 0.3 is 6.18 Å². The lowest BCUT2D eigenvalue weighted by molar-refractivity contribution is -0.137. The second-order valence-corrected chi connectivity index (χ2v) is 5.35. The number of alkyl halides is 3. The maximum atomic E-state index is 12.7. The Morgan fingerprint density at radius 3 is 2.79 bits per heavy atom. The van der Waals surface area contributed by atoms with Gasteiger partial charge in [0.15, 0.2) is 0 Å². The third kappa shape index (κ3) is 2.68. The molecule has 4 heterocycles. The quantitative estimate of drug-likeness (QED) is 0.849. The van der Waals surface area contributed by atoms with E-state index in [0.29, 0.717) is 17.8 Å². The van der Waals surface area contributed by atoms with Gasteiger partial charge in [-0.3, -0.25) is 0 Å². The molecule has 0 saturated carbocycles. The molecule has 3 aliphatic heterocycles. The van der Waals surface area contributed by atoms with Gasteiger partial charge in [-0.15, -0.1) is 0 Å². The maximum Gasteiger partial charge on any atom is 0.416 e. The van der Waals surface area contributed by atoms with Crippen molar-refractivity contribution in [3.63, 3.8) is 0 Å². The fourth-order valence-corrected chi connectivity index (χ4v) is 2.89. The summed E-state index contributed by atoms with van der Waals surface area (Å²) < 4.78 is 38.2. The zero-order valence-corrected chi connectivity index (χ0v) is 10.5. The summed E-state index contributed by atoms with van der Waals surface area (Å²) in [5.74, 6) is 0.950. The highest BCUT2D eigenvalue weighted by atomic mass is 19.4. The zero-order chi connectivity index (χ0) is 13.5. The third-order valence-corrected chi connectivity index (χ3v) is 3.93. The van der Waals surface area contributed by atoms with Crippen LogP contribution in [0.2, 0.25) is 0 Å². The number of hydrogen-bond donors (Lipinski definition) is 1. The molecule has 0 aromatic carbocycles. The molecule has 3 nitrogen and oxygen atoms in total. The number of halogens is 3. The minimum absolute atomic E-state index is 0.370. The first-order chi connectivity index (χ1) is 9.02. The van der Waals surface area contributed by atoms with E-state index in [9.17, 15) is 13.2 Å². The number of nitrogens with one attached hydrogen (secondary N) is 1. The molecule has 4 rings (SSSR count). The van der Waals surface area contributed by atoms with Gasteiger partial charge in [-0.05, 0) is 37.4 Å². The summed E-state index contributed by atoms with van der Waals surface area (Å²) in [6, 6.07) is 2.55. The fourth-order valence-electron chi connectivity index (χ4n) is 2.89. The smallest absolute Gasteiger partial charge is 0.355 e. The largest absolute Gasteiger partial charge is 0.416 e. The van der Waals surface area contributed by atoms with Gasteiger partial charge in [-0.25, -0.2) is 4.98 Å². The molecule has 1 aromatic rings. The second-order valence-electron chi connectivity index (χ2n) is 5.35. The second kappa shape index (κ2) is 4.67. The fraction of sp³-hybridized carbons (Fsp3) is 0.615. The molecule has 3 saturated heterocycles. The van der Waals surface area contributed by atoms with E-state index in [2.05, 4.69) is 10.3 Å². The van der Waals surface area contributed by atoms with Crippen molar-refractivity contribution >= 4 is 5.82 Å². The molecule has 2 bridgehead atoms. The Kier molecular flexibility index (Phi) is 3.12. The van der Waals surface area contributed by atoms with E-state index < -0.39 is 11.7 Å². The number of pyridine rings is 1. The van der Waals surface area contributed by atoms with Crippen LogP contribution >= 0.6 is 0 Å². The van der Waals surface area contributed by atoms with E-state index in [1.807, 2.05) is 4.90 Å². The molecular weight excluding hydrogens is 255 g/mol. The number of hydrogen-bond acceptors (Lipinski definition) is 3. The van der Waals surface area contributed by atoms with Crippen LogP contribution in [0.3, 0.4) is 0 Å². The number of rotatable bonds is 1. The monoisotopic (exact) mass is 271 g/mol. The number of aromatic nitrogens is 1. The molecule has 2 atom stereocenters. The van der Waals surface area contributed by atoms with E-state index in [0.717, 1.165) is 44.6 Å². The van der Waals surface area contributed by atoms with Gasteiger partial charge in [0.1, 0.15) is 5.82 Å². The Labute approximate surface area is 109 Å². The van der Waals surface area contributed by atoms with Crippen LogP contribution in [0.25, 0.3) is 0 Å². The Balaban J connectivity index is 1.86. The van der Waals surface area contributed by atoms with Crippen LogP contribution in [0.15, 0.2) is 18.3 Å². The Hall–Kier alpha value is -1.30. The summed E-state index contributed by atoms with van der Waals surface area (Å²) in [7, 11) is 0. The predicted molar refractivity (Wildman–Crippen MR) is 66.0 cm³/mol. The van der Waals surface area contributed by atoms with Crippen molar-refractivity contribution < 1.29 is 13.2 Å². The van der Waals surface area contributed by atoms with Gasteiger partial charge in [0, 0.05) is 25.3 Å². The van der Waals surface area contributed by atoms with Crippen molar-refractivity contribution in [3.05, 3.63) is 23.9 Å². The standard InChI is InChI=1S/C13H16F3N3/c14-13(15,16)10-3-4-17-12(5-10)19-7-9-1-2-11(8-19)18-6-9/h3-5,9,11,18H,1-2,6-8H2. The zero-order valence-electron chi connectivity index (χ0n) is 10.5. The molecule has 1 N–H and O–H groups in total. The molecule has 0 radical (unpaired) electrons. The Morgan fingerprint density at radius 2 is 2.11 bits per heavy atom. The number of nitrogens with zero attached hydrogens (tertiary/aromatic N) is 2. The van der Waals surface area contributed by atoms with E-state index in [1.54, 1.807) is 0 Å². The average molecular weight is 271 g/mol. The van der Waals surface area contributed by atoms with Crippen molar-refractivity contribution in [1.82, 2.24) is 10.3 Å². The van der Waals surface area contributed by atoms with Crippen LogP contribution in [0.5, 0.6) is 0 Å². The average Bonchev–Trinajstić information content (AvgIpc) is 2.71. The van der Waals surface area contributed by atoms with Crippen molar-refractivity contribution in [3.8, 4) is 0 Å². The molecule has 0 spiro atoms. The minimum Gasteiger partial charge on any atom is -0.355 e. The lowest BCUT2D eigenvalue weighted by atomic mass is 9.97. The molecule has 0 aliphatic carbocycles. The van der Waals surface area contributed by atoms with Gasteiger partial charge in [0.05, 0.1) is 5.56 Å². The predicted octanol–water partition coefficient (Wildman–Crippen LogP) is 2.29. The summed E-state index contributed by atoms with van der Waals surface area (Å²) in [6.45, 7) is 2.49. The van der Waals surface area contributed by atoms with Crippen molar-refractivity contribution in [2.24, 2.45) is 5.92 Å². The highest BCUT2D eigenvalue weighted by Crippen LogP contribution is 2.32. The van der Waals surface area contributed by atoms with E-state index in [4.69, 9.17) is 0 Å². The van der Waals surface area contributed by atoms with Crippen molar-refractivity contribution in [2.45, 2.75) is 25.1 Å². The normalized spacial score (nSPS) is 27.4. The van der Waals surface area contributed by atoms with Crippen LogP contribution in [0.1, 0.15) is 18.4 Å². The highest BCUT2D eigenvalue weighted by Gasteiger charge is 2.33. The first-order valence-electron chi connectivity index (χ1n) is 6.54. The van der Waals surface area contributed by atoms with E-state index in [1.165, 1.54) is 6.20 Å². The third-order valence-electron chi connectivity index (χ3n) is 3.93. The number of fused-ring (bicyclic) bond motifs is 4. The molecule has 0 amide bonds. The molecule has 19 heavy (non-hydrogen) atoms. The summed E-state index contributed by atoms with van der Waals surface area (Å²) >= 11 is 0. The first-order valence-corrected chi connectivity index (χ1v) is 6.54. The van der Waals surface area contributed by atoms with Gasteiger partial charge in [-0.2, -0.15) is 13.2 Å². The van der Waals surface area contributed by atoms with Crippen LogP contribution in [-0.2, 0) is 6.18 Å². The number of piperidine rings is 1.